The third kappa shape index (κ3) is 71.2. The molecule has 0 heterocycles. The minimum absolute atomic E-state index is 0. The number of hydrogen-bond acceptors (Lipinski definition) is 4. The molecule has 1 N–H and O–H groups in total. The molecule has 0 saturated heterocycles. The Morgan fingerprint density at radius 1 is 1.78 bits per heavy atom. The van der Waals surface area contributed by atoms with Crippen LogP contribution in [0.25, 0.3) is 0 Å². The summed E-state index contributed by atoms with van der Waals surface area (Å²) >= 11 is 0. The van der Waals surface area contributed by atoms with Crippen LogP contribution in [0.4, 0.5) is 0 Å². The maximum absolute atomic E-state index is 8.95. The summed E-state index contributed by atoms with van der Waals surface area (Å²) in [5, 5.41) is 9.75. The molecule has 5 heteroatoms. The zero-order valence-corrected chi connectivity index (χ0v) is 7.76. The van der Waals surface area contributed by atoms with Crippen molar-refractivity contribution in [3.63, 3.8) is 0 Å². The van der Waals surface area contributed by atoms with Crippen LogP contribution >= 0.6 is 0 Å². The van der Waals surface area contributed by atoms with E-state index in [1.165, 1.54) is 7.11 Å². The van der Waals surface area contributed by atoms with Crippen molar-refractivity contribution in [3.8, 4) is 6.19 Å². The third-order valence-corrected chi connectivity index (χ3v) is 0.208. The summed E-state index contributed by atoms with van der Waals surface area (Å²) in [7, 11) is 2.88. The van der Waals surface area contributed by atoms with Crippen LogP contribution in [0.5, 0.6) is 0 Å². The number of ether oxygens (including phenoxy) is 1. The largest absolute Gasteiger partial charge is 0.471 e. The van der Waals surface area contributed by atoms with Crippen molar-refractivity contribution in [2.45, 2.75) is 0 Å². The Kier molecular flexibility index (Phi) is 43.5. The fraction of sp³-hybridized carbons (Fsp3) is 0.500. The van der Waals surface area contributed by atoms with Crippen molar-refractivity contribution >= 4 is 44.2 Å². The van der Waals surface area contributed by atoms with Crippen LogP contribution in [0.15, 0.2) is 0 Å². The van der Waals surface area contributed by atoms with Crippen LogP contribution in [0.2, 0.25) is 0 Å². The Morgan fingerprint density at radius 3 is 2.00 bits per heavy atom. The second-order valence-corrected chi connectivity index (χ2v) is 0.694. The van der Waals surface area contributed by atoms with E-state index in [9.17, 15) is 0 Å². The van der Waals surface area contributed by atoms with E-state index in [1.807, 2.05) is 0 Å². The van der Waals surface area contributed by atoms with E-state index in [-0.39, 0.29) is 37.7 Å². The van der Waals surface area contributed by atoms with Crippen LogP contribution in [-0.2, 0) is 9.53 Å². The van der Waals surface area contributed by atoms with Crippen molar-refractivity contribution in [3.05, 3.63) is 0 Å². The molecule has 9 heavy (non-hydrogen) atoms. The average molecular weight is 156 g/mol. The number of nitrogens with one attached hydrogen (secondary N) is 1. The minimum Gasteiger partial charge on any atom is -0.471 e. The quantitative estimate of drug-likeness (QED) is 0.231. The van der Waals surface area contributed by atoms with E-state index in [1.54, 1.807) is 13.2 Å². The zero-order chi connectivity index (χ0) is 6.83. The van der Waals surface area contributed by atoms with Gasteiger partial charge in [0.15, 0.2) is 6.19 Å². The number of nitrogens with zero attached hydrogens (tertiary/aromatic N) is 1. The van der Waals surface area contributed by atoms with E-state index in [0.29, 0.717) is 6.47 Å². The molecule has 0 rings (SSSR count). The number of methoxy groups -OCH3 is 1. The van der Waals surface area contributed by atoms with Gasteiger partial charge < -0.3 is 10.1 Å². The van der Waals surface area contributed by atoms with Crippen molar-refractivity contribution in [1.82, 2.24) is 5.32 Å². The van der Waals surface area contributed by atoms with Crippen LogP contribution in [-0.4, -0.2) is 58.4 Å². The van der Waals surface area contributed by atoms with Crippen molar-refractivity contribution in [2.24, 2.45) is 0 Å². The van der Waals surface area contributed by atoms with Gasteiger partial charge in [0.25, 0.3) is 6.47 Å². The Balaban J connectivity index is -0.0000000720. The molecule has 0 aliphatic rings. The predicted octanol–water partition coefficient (Wildman–Crippen LogP) is -0.905. The van der Waals surface area contributed by atoms with E-state index in [4.69, 9.17) is 10.1 Å². The van der Waals surface area contributed by atoms with Crippen LogP contribution in [0, 0.1) is 11.5 Å². The molecule has 0 saturated carbocycles. The summed E-state index contributed by atoms with van der Waals surface area (Å²) in [5.41, 5.74) is 0. The van der Waals surface area contributed by atoms with Gasteiger partial charge in [0.2, 0.25) is 0 Å². The van der Waals surface area contributed by atoms with Gasteiger partial charge in [-0.1, -0.05) is 0 Å². The summed E-state index contributed by atoms with van der Waals surface area (Å²) in [4.78, 5) is 8.95. The molecule has 0 aromatic carbocycles. The predicted molar refractivity (Wildman–Crippen MR) is 33.5 cm³/mol. The summed E-state index contributed by atoms with van der Waals surface area (Å²) in [5.74, 6) is 0. The fourth-order valence-electron chi connectivity index (χ4n) is 0. The summed E-state index contributed by atoms with van der Waals surface area (Å²) in [6.07, 6.45) is 1.68. The number of carbonyl (C=O) groups excluding carboxylic acids is 1. The van der Waals surface area contributed by atoms with E-state index in [0.717, 1.165) is 0 Å². The summed E-state index contributed by atoms with van der Waals surface area (Å²) in [6, 6.07) is 0. The number of rotatable bonds is 1. The van der Waals surface area contributed by atoms with Crippen molar-refractivity contribution in [2.75, 3.05) is 14.2 Å². The van der Waals surface area contributed by atoms with Gasteiger partial charge in [0, 0.05) is 44.8 Å². The Hall–Kier alpha value is 0.0197. The zero-order valence-electron chi connectivity index (χ0n) is 5.55. The van der Waals surface area contributed by atoms with Gasteiger partial charge in [0.05, 0.1) is 7.11 Å². The van der Waals surface area contributed by atoms with Gasteiger partial charge in [-0.15, -0.1) is 0 Å². The molecular formula is C4H8CaN2O2. The summed E-state index contributed by atoms with van der Waals surface area (Å²) in [6.45, 7) is 0.375. The van der Waals surface area contributed by atoms with E-state index >= 15 is 0 Å². The second kappa shape index (κ2) is 24.5. The minimum atomic E-state index is 0. The Morgan fingerprint density at radius 2 is 2.00 bits per heavy atom. The average Bonchev–Trinajstić information content (AvgIpc) is 1.88. The number of hydrogen-bond donors (Lipinski definition) is 1. The first-order chi connectivity index (χ1) is 3.83. The summed E-state index contributed by atoms with van der Waals surface area (Å²) < 4.78 is 3.86. The molecule has 0 bridgehead atoms. The van der Waals surface area contributed by atoms with Gasteiger partial charge >= 0.3 is 0 Å². The molecule has 0 aromatic heterocycles. The fourth-order valence-corrected chi connectivity index (χ4v) is 0. The molecule has 4 nitrogen and oxygen atoms in total. The standard InChI is InChI=1S/C2H4N2.C2H4O2.Ca/c2*1-4-2-3;/h4H,1H3;2H,1H3;. The van der Waals surface area contributed by atoms with Crippen molar-refractivity contribution in [1.29, 1.82) is 5.26 Å². The molecule has 0 atom stereocenters. The monoisotopic (exact) mass is 156 g/mol. The number of nitriles is 1. The van der Waals surface area contributed by atoms with Crippen LogP contribution in [0.1, 0.15) is 0 Å². The van der Waals surface area contributed by atoms with Crippen LogP contribution in [0.3, 0.4) is 0 Å². The molecule has 48 valence electrons. The first-order valence-electron chi connectivity index (χ1n) is 1.85. The van der Waals surface area contributed by atoms with Gasteiger partial charge in [-0.05, 0) is 0 Å². The first-order valence-corrected chi connectivity index (χ1v) is 1.85. The second-order valence-electron chi connectivity index (χ2n) is 0.694. The topological polar surface area (TPSA) is 62.1 Å². The van der Waals surface area contributed by atoms with E-state index < -0.39 is 0 Å². The Labute approximate surface area is 84.2 Å². The van der Waals surface area contributed by atoms with E-state index in [2.05, 4.69) is 10.1 Å². The van der Waals surface area contributed by atoms with Gasteiger partial charge in [0.1, 0.15) is 0 Å². The normalized spacial score (nSPS) is 4.11. The maximum Gasteiger partial charge on any atom is 0.292 e. The maximum atomic E-state index is 8.95. The molecular weight excluding hydrogens is 148 g/mol. The Bertz CT molecular complexity index is 81.1. The van der Waals surface area contributed by atoms with Crippen LogP contribution < -0.4 is 5.32 Å². The van der Waals surface area contributed by atoms with Gasteiger partial charge in [-0.3, -0.25) is 4.79 Å². The van der Waals surface area contributed by atoms with Gasteiger partial charge in [-0.2, -0.15) is 5.26 Å². The molecule has 0 fully saturated rings. The molecule has 0 amide bonds. The number of carbonyl (C=O) groups is 1. The smallest absolute Gasteiger partial charge is 0.292 e. The molecule has 0 aliphatic heterocycles. The van der Waals surface area contributed by atoms with Gasteiger partial charge in [-0.25, -0.2) is 0 Å². The molecule has 2 radical (unpaired) electrons. The first kappa shape index (κ1) is 16.0. The molecule has 0 unspecified atom stereocenters. The molecule has 0 spiro atoms. The van der Waals surface area contributed by atoms with Crippen molar-refractivity contribution < 1.29 is 9.53 Å². The SMILES string of the molecule is CNC#N.COC=O.[Ca]. The third-order valence-electron chi connectivity index (χ3n) is 0.208. The molecule has 0 aliphatic carbocycles. The molecule has 0 aromatic rings.